The first-order valence-electron chi connectivity index (χ1n) is 8.73. The summed E-state index contributed by atoms with van der Waals surface area (Å²) in [7, 11) is 0. The molecule has 5 rings (SSSR count). The standard InChI is InChI=1S/C18H18N4O4/c1-11-16(20-26-19-11)17(24)21-8-7-18-14(21)9-15(23)22(18)10-13(25-18)12-5-3-2-4-6-12/h2-6,13-14H,7-10H2,1H3/t13-,14-,18+/m1/s1. The van der Waals surface area contributed by atoms with Crippen molar-refractivity contribution in [2.24, 2.45) is 0 Å². The highest BCUT2D eigenvalue weighted by atomic mass is 16.6. The number of carbonyl (C=O) groups is 2. The highest BCUT2D eigenvalue weighted by Gasteiger charge is 2.65. The third-order valence-corrected chi connectivity index (χ3v) is 5.72. The number of aryl methyl sites for hydroxylation is 1. The maximum atomic E-state index is 12.9. The second-order valence-corrected chi connectivity index (χ2v) is 7.03. The molecule has 0 bridgehead atoms. The van der Waals surface area contributed by atoms with Gasteiger partial charge in [0.15, 0.2) is 11.4 Å². The first-order valence-corrected chi connectivity index (χ1v) is 8.73. The van der Waals surface area contributed by atoms with Crippen LogP contribution in [0, 0.1) is 6.92 Å². The van der Waals surface area contributed by atoms with Gasteiger partial charge in [-0.15, -0.1) is 0 Å². The monoisotopic (exact) mass is 354 g/mol. The van der Waals surface area contributed by atoms with Gasteiger partial charge in [-0.05, 0) is 17.6 Å². The average Bonchev–Trinajstić information content (AvgIpc) is 3.37. The van der Waals surface area contributed by atoms with Gasteiger partial charge in [0.25, 0.3) is 5.91 Å². The van der Waals surface area contributed by atoms with E-state index in [0.717, 1.165) is 5.56 Å². The average molecular weight is 354 g/mol. The summed E-state index contributed by atoms with van der Waals surface area (Å²) in [4.78, 5) is 29.0. The minimum Gasteiger partial charge on any atom is -0.343 e. The van der Waals surface area contributed by atoms with Crippen molar-refractivity contribution in [3.63, 3.8) is 0 Å². The number of hydrogen-bond donors (Lipinski definition) is 0. The maximum Gasteiger partial charge on any atom is 0.278 e. The van der Waals surface area contributed by atoms with Crippen molar-refractivity contribution >= 4 is 11.8 Å². The Kier molecular flexibility index (Phi) is 3.21. The van der Waals surface area contributed by atoms with Crippen LogP contribution in [0.2, 0.25) is 0 Å². The zero-order valence-corrected chi connectivity index (χ0v) is 14.3. The molecule has 3 atom stereocenters. The third kappa shape index (κ3) is 1.99. The van der Waals surface area contributed by atoms with Crippen LogP contribution in [0.15, 0.2) is 35.0 Å². The van der Waals surface area contributed by atoms with Crippen molar-refractivity contribution in [2.45, 2.75) is 37.6 Å². The zero-order valence-electron chi connectivity index (χ0n) is 14.3. The lowest BCUT2D eigenvalue weighted by atomic mass is 10.1. The van der Waals surface area contributed by atoms with Crippen LogP contribution in [0.5, 0.6) is 0 Å². The van der Waals surface area contributed by atoms with Crippen molar-refractivity contribution in [2.75, 3.05) is 13.1 Å². The summed E-state index contributed by atoms with van der Waals surface area (Å²) in [6, 6.07) is 9.58. The molecule has 3 aliphatic heterocycles. The molecular formula is C18H18N4O4. The van der Waals surface area contributed by atoms with Crippen LogP contribution < -0.4 is 0 Å². The normalized spacial score (nSPS) is 30.0. The number of carbonyl (C=O) groups excluding carboxylic acids is 2. The molecule has 3 aliphatic rings. The lowest BCUT2D eigenvalue weighted by Gasteiger charge is -2.31. The van der Waals surface area contributed by atoms with E-state index in [-0.39, 0.29) is 36.1 Å². The first kappa shape index (κ1) is 15.5. The number of likely N-dealkylation sites (tertiary alicyclic amines) is 1. The third-order valence-electron chi connectivity index (χ3n) is 5.72. The van der Waals surface area contributed by atoms with Crippen LogP contribution in [-0.4, -0.2) is 56.8 Å². The summed E-state index contributed by atoms with van der Waals surface area (Å²) >= 11 is 0. The van der Waals surface area contributed by atoms with Crippen molar-refractivity contribution in [1.82, 2.24) is 20.1 Å². The summed E-state index contributed by atoms with van der Waals surface area (Å²) in [5.74, 6) is -0.229. The molecule has 0 aliphatic carbocycles. The SMILES string of the molecule is Cc1nonc1C(=O)N1CC[C@@]23O[C@@H](c4ccccc4)CN2C(=O)C[C@@H]13. The summed E-state index contributed by atoms with van der Waals surface area (Å²) in [5, 5.41) is 7.41. The number of nitrogens with zero attached hydrogens (tertiary/aromatic N) is 4. The lowest BCUT2D eigenvalue weighted by Crippen LogP contribution is -2.48. The molecule has 1 spiro atoms. The topological polar surface area (TPSA) is 88.8 Å². The molecule has 0 unspecified atom stereocenters. The maximum absolute atomic E-state index is 12.9. The summed E-state index contributed by atoms with van der Waals surface area (Å²) < 4.78 is 11.1. The van der Waals surface area contributed by atoms with Crippen LogP contribution in [0.3, 0.4) is 0 Å². The highest BCUT2D eigenvalue weighted by molar-refractivity contribution is 5.94. The Morgan fingerprint density at radius 2 is 2.08 bits per heavy atom. The Labute approximate surface area is 149 Å². The van der Waals surface area contributed by atoms with Crippen LogP contribution in [0.1, 0.15) is 40.7 Å². The van der Waals surface area contributed by atoms with E-state index in [1.54, 1.807) is 11.8 Å². The van der Waals surface area contributed by atoms with E-state index in [2.05, 4.69) is 14.9 Å². The summed E-state index contributed by atoms with van der Waals surface area (Å²) in [6.07, 6.45) is 0.703. The first-order chi connectivity index (χ1) is 12.6. The Morgan fingerprint density at radius 3 is 2.81 bits per heavy atom. The highest BCUT2D eigenvalue weighted by Crippen LogP contribution is 2.50. The molecule has 1 aromatic carbocycles. The predicted molar refractivity (Wildman–Crippen MR) is 87.8 cm³/mol. The quantitative estimate of drug-likeness (QED) is 0.807. The van der Waals surface area contributed by atoms with Crippen LogP contribution in [-0.2, 0) is 9.53 Å². The zero-order chi connectivity index (χ0) is 17.9. The van der Waals surface area contributed by atoms with Gasteiger partial charge in [-0.1, -0.05) is 35.5 Å². The van der Waals surface area contributed by atoms with E-state index in [0.29, 0.717) is 25.2 Å². The smallest absolute Gasteiger partial charge is 0.278 e. The van der Waals surface area contributed by atoms with Gasteiger partial charge in [-0.25, -0.2) is 4.63 Å². The number of benzene rings is 1. The Balaban J connectivity index is 1.46. The number of hydrogen-bond acceptors (Lipinski definition) is 6. The number of rotatable bonds is 2. The summed E-state index contributed by atoms with van der Waals surface area (Å²) in [5.41, 5.74) is 0.958. The van der Waals surface area contributed by atoms with Crippen molar-refractivity contribution < 1.29 is 19.0 Å². The van der Waals surface area contributed by atoms with Crippen LogP contribution in [0.4, 0.5) is 0 Å². The molecule has 2 aromatic rings. The Hall–Kier alpha value is -2.74. The largest absolute Gasteiger partial charge is 0.343 e. The lowest BCUT2D eigenvalue weighted by molar-refractivity contribution is -0.138. The van der Waals surface area contributed by atoms with E-state index < -0.39 is 5.72 Å². The van der Waals surface area contributed by atoms with Crippen molar-refractivity contribution in [1.29, 1.82) is 0 Å². The molecule has 8 heteroatoms. The number of ether oxygens (including phenoxy) is 1. The minimum absolute atomic E-state index is 0.0286. The van der Waals surface area contributed by atoms with Gasteiger partial charge in [-0.2, -0.15) is 0 Å². The van der Waals surface area contributed by atoms with Gasteiger partial charge >= 0.3 is 0 Å². The number of aromatic nitrogens is 2. The second kappa shape index (κ2) is 5.38. The van der Waals surface area contributed by atoms with Gasteiger partial charge in [0.05, 0.1) is 19.0 Å². The predicted octanol–water partition coefficient (Wildman–Crippen LogP) is 1.29. The van der Waals surface area contributed by atoms with Crippen LogP contribution >= 0.6 is 0 Å². The van der Waals surface area contributed by atoms with Gasteiger partial charge in [0, 0.05) is 13.0 Å². The van der Waals surface area contributed by atoms with E-state index in [1.807, 2.05) is 35.2 Å². The number of amides is 2. The molecule has 26 heavy (non-hydrogen) atoms. The molecule has 1 aromatic heterocycles. The molecule has 0 radical (unpaired) electrons. The summed E-state index contributed by atoms with van der Waals surface area (Å²) in [6.45, 7) is 2.71. The minimum atomic E-state index is -0.738. The molecule has 3 saturated heterocycles. The Morgan fingerprint density at radius 1 is 1.27 bits per heavy atom. The molecule has 134 valence electrons. The van der Waals surface area contributed by atoms with E-state index in [1.165, 1.54) is 0 Å². The fourth-order valence-corrected chi connectivity index (χ4v) is 4.47. The van der Waals surface area contributed by atoms with Gasteiger partial charge < -0.3 is 14.5 Å². The molecule has 0 N–H and O–H groups in total. The second-order valence-electron chi connectivity index (χ2n) is 7.03. The molecule has 4 heterocycles. The van der Waals surface area contributed by atoms with E-state index >= 15 is 0 Å². The van der Waals surface area contributed by atoms with Crippen molar-refractivity contribution in [3.8, 4) is 0 Å². The van der Waals surface area contributed by atoms with E-state index in [4.69, 9.17) is 4.74 Å². The molecular weight excluding hydrogens is 336 g/mol. The fourth-order valence-electron chi connectivity index (χ4n) is 4.47. The fraction of sp³-hybridized carbons (Fsp3) is 0.444. The molecule has 3 fully saturated rings. The van der Waals surface area contributed by atoms with Gasteiger partial charge in [0.2, 0.25) is 5.91 Å². The van der Waals surface area contributed by atoms with Crippen molar-refractivity contribution in [3.05, 3.63) is 47.3 Å². The molecule has 2 amide bonds. The van der Waals surface area contributed by atoms with Gasteiger partial charge in [-0.3, -0.25) is 9.59 Å². The van der Waals surface area contributed by atoms with Gasteiger partial charge in [0.1, 0.15) is 11.8 Å². The van der Waals surface area contributed by atoms with E-state index in [9.17, 15) is 9.59 Å². The molecule has 8 nitrogen and oxygen atoms in total. The van der Waals surface area contributed by atoms with Crippen LogP contribution in [0.25, 0.3) is 0 Å². The Bertz CT molecular complexity index is 882. The molecule has 0 saturated carbocycles.